The highest BCUT2D eigenvalue weighted by Gasteiger charge is 2.43. The molecule has 4 atom stereocenters. The lowest BCUT2D eigenvalue weighted by Crippen LogP contribution is -2.43. The summed E-state index contributed by atoms with van der Waals surface area (Å²) in [7, 11) is -2.60. The van der Waals surface area contributed by atoms with Gasteiger partial charge in [-0.15, -0.1) is 0 Å². The van der Waals surface area contributed by atoms with E-state index in [-0.39, 0.29) is 42.1 Å². The molecule has 0 unspecified atom stereocenters. The predicted octanol–water partition coefficient (Wildman–Crippen LogP) is 3.54. The van der Waals surface area contributed by atoms with Gasteiger partial charge in [-0.05, 0) is 49.4 Å². The van der Waals surface area contributed by atoms with Crippen LogP contribution in [0.25, 0.3) is 0 Å². The number of nitrogens with two attached hydrogens (primary N) is 1. The van der Waals surface area contributed by atoms with E-state index in [2.05, 4.69) is 15.9 Å². The van der Waals surface area contributed by atoms with Crippen LogP contribution in [0.2, 0.25) is 0 Å². The van der Waals surface area contributed by atoms with Crippen LogP contribution in [0.3, 0.4) is 0 Å². The number of carbonyl (C=O) groups excluding carboxylic acids is 3. The number of rotatable bonds is 14. The number of hydrogen-bond acceptors (Lipinski definition) is 7. The van der Waals surface area contributed by atoms with Crippen molar-refractivity contribution >= 4 is 43.8 Å². The molecular weight excluding hydrogens is 552 g/mol. The Morgan fingerprint density at radius 2 is 1.67 bits per heavy atom. The van der Waals surface area contributed by atoms with Crippen molar-refractivity contribution < 1.29 is 31.7 Å². The molecule has 2 amide bonds. The zero-order valence-corrected chi connectivity index (χ0v) is 23.0. The van der Waals surface area contributed by atoms with Crippen LogP contribution >= 0.6 is 15.9 Å². The quantitative estimate of drug-likeness (QED) is 0.200. The highest BCUT2D eigenvalue weighted by Crippen LogP contribution is 2.43. The van der Waals surface area contributed by atoms with Gasteiger partial charge in [0.05, 0.1) is 24.0 Å². The standard InChI is InChI=1S/C25H35BrN2O7S/c1-34-25(31)21-14-17(21)8-6-4-2-3-5-7-9-23(29)28-16-19(15-22(28)24(27)30)35-36(32,33)20-12-10-18(26)11-13-20/h10-13,17,19,21-22H,2-9,14-16H2,1H3,(H2,27,30)/t17-,19+,21+,22+/m1/s1. The normalized spacial score (nSPS) is 23.4. The van der Waals surface area contributed by atoms with Crippen molar-refractivity contribution in [3.05, 3.63) is 28.7 Å². The summed E-state index contributed by atoms with van der Waals surface area (Å²) >= 11 is 3.26. The Morgan fingerprint density at radius 3 is 2.31 bits per heavy atom. The highest BCUT2D eigenvalue weighted by atomic mass is 79.9. The molecule has 0 bridgehead atoms. The van der Waals surface area contributed by atoms with Crippen LogP contribution in [0.1, 0.15) is 64.2 Å². The van der Waals surface area contributed by atoms with Crippen molar-refractivity contribution in [2.75, 3.05) is 13.7 Å². The van der Waals surface area contributed by atoms with Gasteiger partial charge in [-0.3, -0.25) is 18.6 Å². The minimum absolute atomic E-state index is 0.00603. The van der Waals surface area contributed by atoms with Crippen molar-refractivity contribution in [2.24, 2.45) is 17.6 Å². The lowest BCUT2D eigenvalue weighted by molar-refractivity contribution is -0.142. The van der Waals surface area contributed by atoms with Gasteiger partial charge in [0.2, 0.25) is 11.8 Å². The SMILES string of the molecule is COC(=O)[C@H]1C[C@H]1CCCCCCCCC(=O)N1C[C@@H](OS(=O)(=O)c2ccc(Br)cc2)C[C@H]1C(N)=O. The number of ether oxygens (including phenoxy) is 1. The summed E-state index contributed by atoms with van der Waals surface area (Å²) in [5.41, 5.74) is 5.49. The van der Waals surface area contributed by atoms with Crippen molar-refractivity contribution in [3.8, 4) is 0 Å². The molecule has 2 aliphatic rings. The van der Waals surface area contributed by atoms with Gasteiger partial charge < -0.3 is 15.4 Å². The number of primary amides is 1. The first-order chi connectivity index (χ1) is 17.1. The maximum Gasteiger partial charge on any atom is 0.308 e. The average molecular weight is 588 g/mol. The van der Waals surface area contributed by atoms with E-state index in [0.717, 1.165) is 49.4 Å². The van der Waals surface area contributed by atoms with E-state index < -0.39 is 28.2 Å². The summed E-state index contributed by atoms with van der Waals surface area (Å²) in [6.07, 6.45) is 7.36. The molecule has 0 spiro atoms. The maximum absolute atomic E-state index is 12.8. The van der Waals surface area contributed by atoms with E-state index >= 15 is 0 Å². The van der Waals surface area contributed by atoms with E-state index in [1.54, 1.807) is 12.1 Å². The molecule has 1 aromatic carbocycles. The molecule has 1 aliphatic carbocycles. The molecular formula is C25H35BrN2O7S. The molecule has 1 aromatic rings. The van der Waals surface area contributed by atoms with Gasteiger partial charge in [0.15, 0.2) is 0 Å². The maximum atomic E-state index is 12.8. The van der Waals surface area contributed by atoms with Crippen LogP contribution in [-0.4, -0.2) is 56.9 Å². The highest BCUT2D eigenvalue weighted by molar-refractivity contribution is 9.10. The molecule has 1 saturated heterocycles. The topological polar surface area (TPSA) is 133 Å². The second kappa shape index (κ2) is 13.0. The Balaban J connectivity index is 1.36. The Morgan fingerprint density at radius 1 is 1.03 bits per heavy atom. The largest absolute Gasteiger partial charge is 0.469 e. The number of hydrogen-bond donors (Lipinski definition) is 1. The van der Waals surface area contributed by atoms with E-state index in [0.29, 0.717) is 12.3 Å². The molecule has 3 rings (SSSR count). The predicted molar refractivity (Wildman–Crippen MR) is 136 cm³/mol. The molecule has 200 valence electrons. The van der Waals surface area contributed by atoms with Crippen molar-refractivity contribution in [1.82, 2.24) is 4.90 Å². The first-order valence-corrected chi connectivity index (χ1v) is 14.7. The second-order valence-corrected chi connectivity index (χ2v) is 12.1. The third-order valence-corrected chi connectivity index (χ3v) is 8.82. The first-order valence-electron chi connectivity index (χ1n) is 12.5. The fourth-order valence-electron chi connectivity index (χ4n) is 4.79. The third kappa shape index (κ3) is 8.01. The van der Waals surface area contributed by atoms with Gasteiger partial charge in [0, 0.05) is 23.9 Å². The first kappa shape index (κ1) is 28.6. The Kier molecular flexibility index (Phi) is 10.3. The molecule has 2 N–H and O–H groups in total. The van der Waals surface area contributed by atoms with Crippen LogP contribution in [0.4, 0.5) is 0 Å². The molecule has 36 heavy (non-hydrogen) atoms. The number of likely N-dealkylation sites (tertiary alicyclic amines) is 1. The van der Waals surface area contributed by atoms with Crippen molar-refractivity contribution in [3.63, 3.8) is 0 Å². The van der Waals surface area contributed by atoms with Crippen LogP contribution in [0, 0.1) is 11.8 Å². The van der Waals surface area contributed by atoms with Crippen LogP contribution < -0.4 is 5.73 Å². The summed E-state index contributed by atoms with van der Waals surface area (Å²) in [6.45, 7) is 0.00985. The number of nitrogens with zero attached hydrogens (tertiary/aromatic N) is 1. The lowest BCUT2D eigenvalue weighted by atomic mass is 10.1. The van der Waals surface area contributed by atoms with E-state index in [4.69, 9.17) is 14.7 Å². The Hall–Kier alpha value is -1.98. The second-order valence-electron chi connectivity index (χ2n) is 9.61. The van der Waals surface area contributed by atoms with Crippen LogP contribution in [0.5, 0.6) is 0 Å². The zero-order chi connectivity index (χ0) is 26.3. The number of amides is 2. The van der Waals surface area contributed by atoms with Crippen molar-refractivity contribution in [1.29, 1.82) is 0 Å². The molecule has 0 aromatic heterocycles. The number of esters is 1. The van der Waals surface area contributed by atoms with Gasteiger partial charge in [-0.25, -0.2) is 0 Å². The zero-order valence-electron chi connectivity index (χ0n) is 20.6. The van der Waals surface area contributed by atoms with E-state index in [1.165, 1.54) is 24.1 Å². The molecule has 1 heterocycles. The number of methoxy groups -OCH3 is 1. The number of carbonyl (C=O) groups is 3. The van der Waals surface area contributed by atoms with E-state index in [9.17, 15) is 22.8 Å². The number of halogens is 1. The number of benzene rings is 1. The fourth-order valence-corrected chi connectivity index (χ4v) is 6.13. The summed E-state index contributed by atoms with van der Waals surface area (Å²) in [4.78, 5) is 37.5. The summed E-state index contributed by atoms with van der Waals surface area (Å²) < 4.78 is 36.0. The van der Waals surface area contributed by atoms with Crippen LogP contribution in [0.15, 0.2) is 33.6 Å². The summed E-state index contributed by atoms with van der Waals surface area (Å²) in [5, 5.41) is 0. The minimum atomic E-state index is -4.03. The summed E-state index contributed by atoms with van der Waals surface area (Å²) in [5.74, 6) is -0.396. The van der Waals surface area contributed by atoms with Gasteiger partial charge in [-0.2, -0.15) is 8.42 Å². The molecule has 1 aliphatic heterocycles. The molecule has 9 nitrogen and oxygen atoms in total. The van der Waals surface area contributed by atoms with Crippen molar-refractivity contribution in [2.45, 2.75) is 81.2 Å². The minimum Gasteiger partial charge on any atom is -0.469 e. The molecule has 1 saturated carbocycles. The summed E-state index contributed by atoms with van der Waals surface area (Å²) in [6, 6.07) is 5.17. The van der Waals surface area contributed by atoms with E-state index in [1.807, 2.05) is 0 Å². The molecule has 0 radical (unpaired) electrons. The monoisotopic (exact) mass is 586 g/mol. The lowest BCUT2D eigenvalue weighted by Gasteiger charge is -2.22. The van der Waals surface area contributed by atoms with Gasteiger partial charge in [0.25, 0.3) is 10.1 Å². The van der Waals surface area contributed by atoms with Gasteiger partial charge >= 0.3 is 5.97 Å². The number of unbranched alkanes of at least 4 members (excludes halogenated alkanes) is 5. The fraction of sp³-hybridized carbons (Fsp3) is 0.640. The van der Waals surface area contributed by atoms with Gasteiger partial charge in [-0.1, -0.05) is 48.0 Å². The van der Waals surface area contributed by atoms with Crippen LogP contribution in [-0.2, 0) is 33.4 Å². The Bertz CT molecular complexity index is 1030. The smallest absolute Gasteiger partial charge is 0.308 e. The third-order valence-electron chi connectivity index (χ3n) is 6.92. The Labute approximate surface area is 221 Å². The average Bonchev–Trinajstić information content (AvgIpc) is 3.49. The van der Waals surface area contributed by atoms with Gasteiger partial charge in [0.1, 0.15) is 6.04 Å². The molecule has 11 heteroatoms. The molecule has 2 fully saturated rings.